The molecule has 0 unspecified atom stereocenters. The van der Waals surface area contributed by atoms with Crippen LogP contribution < -0.4 is 0 Å². The summed E-state index contributed by atoms with van der Waals surface area (Å²) in [7, 11) is 0. The molecule has 0 radical (unpaired) electrons. The summed E-state index contributed by atoms with van der Waals surface area (Å²) >= 11 is 5.52. The largest absolute Gasteiger partial charge is 0.323 e. The van der Waals surface area contributed by atoms with Gasteiger partial charge >= 0.3 is 0 Å². The molecule has 4 heteroatoms. The maximum absolute atomic E-state index is 8.75. The van der Waals surface area contributed by atoms with Crippen molar-refractivity contribution in [2.24, 2.45) is 0 Å². The van der Waals surface area contributed by atoms with Crippen molar-refractivity contribution >= 4 is 22.6 Å². The Bertz CT molecular complexity index is 563. The summed E-state index contributed by atoms with van der Waals surface area (Å²) in [5, 5.41) is 8.75. The minimum Gasteiger partial charge on any atom is -0.323 e. The zero-order valence-electron chi connectivity index (χ0n) is 8.60. The molecule has 2 rings (SSSR count). The lowest BCUT2D eigenvalue weighted by Crippen LogP contribution is -2.01. The first kappa shape index (κ1) is 10.7. The molecule has 0 amide bonds. The SMILES string of the molecule is N#CCc1nc2ccccc2n1C/C=C/Cl. The lowest BCUT2D eigenvalue weighted by molar-refractivity contribution is 0.788. The van der Waals surface area contributed by atoms with Gasteiger partial charge < -0.3 is 4.57 Å². The first-order valence-electron chi connectivity index (χ1n) is 4.93. The number of nitrogens with zero attached hydrogens (tertiary/aromatic N) is 3. The number of fused-ring (bicyclic) bond motifs is 1. The molecule has 16 heavy (non-hydrogen) atoms. The van der Waals surface area contributed by atoms with Crippen LogP contribution in [-0.4, -0.2) is 9.55 Å². The second kappa shape index (κ2) is 4.82. The fraction of sp³-hybridized carbons (Fsp3) is 0.167. The minimum absolute atomic E-state index is 0.310. The molecule has 1 heterocycles. The van der Waals surface area contributed by atoms with E-state index in [0.29, 0.717) is 13.0 Å². The van der Waals surface area contributed by atoms with Crippen LogP contribution in [0.1, 0.15) is 5.82 Å². The van der Waals surface area contributed by atoms with Crippen molar-refractivity contribution < 1.29 is 0 Å². The Hall–Kier alpha value is -1.79. The Morgan fingerprint density at radius 3 is 3.00 bits per heavy atom. The van der Waals surface area contributed by atoms with Gasteiger partial charge in [-0.15, -0.1) is 0 Å². The van der Waals surface area contributed by atoms with E-state index in [9.17, 15) is 0 Å². The van der Waals surface area contributed by atoms with Crippen LogP contribution in [0.5, 0.6) is 0 Å². The Kier molecular flexibility index (Phi) is 3.23. The van der Waals surface area contributed by atoms with Crippen molar-refractivity contribution in [3.63, 3.8) is 0 Å². The summed E-state index contributed by atoms with van der Waals surface area (Å²) in [6.07, 6.45) is 2.14. The molecular formula is C12H10ClN3. The average molecular weight is 232 g/mol. The third-order valence-electron chi connectivity index (χ3n) is 2.35. The number of aromatic nitrogens is 2. The minimum atomic E-state index is 0.310. The third kappa shape index (κ3) is 1.93. The van der Waals surface area contributed by atoms with Crippen LogP contribution >= 0.6 is 11.6 Å². The van der Waals surface area contributed by atoms with Gasteiger partial charge in [-0.1, -0.05) is 29.8 Å². The Balaban J connectivity index is 2.55. The maximum Gasteiger partial charge on any atom is 0.124 e. The van der Waals surface area contributed by atoms with E-state index < -0.39 is 0 Å². The summed E-state index contributed by atoms with van der Waals surface area (Å²) in [5.74, 6) is 0.776. The molecule has 80 valence electrons. The van der Waals surface area contributed by atoms with Gasteiger partial charge in [0.1, 0.15) is 5.82 Å². The zero-order chi connectivity index (χ0) is 11.4. The predicted molar refractivity (Wildman–Crippen MR) is 64.0 cm³/mol. The number of halogens is 1. The fourth-order valence-electron chi connectivity index (χ4n) is 1.68. The molecule has 0 aliphatic heterocycles. The smallest absolute Gasteiger partial charge is 0.124 e. The van der Waals surface area contributed by atoms with Crippen LogP contribution in [0.25, 0.3) is 11.0 Å². The third-order valence-corrected chi connectivity index (χ3v) is 2.53. The van der Waals surface area contributed by atoms with Crippen molar-refractivity contribution in [2.75, 3.05) is 0 Å². The number of imidazole rings is 1. The van der Waals surface area contributed by atoms with Gasteiger partial charge in [0.2, 0.25) is 0 Å². The molecule has 1 aromatic heterocycles. The highest BCUT2D eigenvalue weighted by Gasteiger charge is 2.08. The molecule has 0 saturated heterocycles. The first-order chi connectivity index (χ1) is 7.86. The molecule has 0 aliphatic rings. The molecule has 0 saturated carbocycles. The predicted octanol–water partition coefficient (Wildman–Crippen LogP) is 2.85. The van der Waals surface area contributed by atoms with E-state index in [1.54, 1.807) is 0 Å². The number of hydrogen-bond donors (Lipinski definition) is 0. The fourth-order valence-corrected chi connectivity index (χ4v) is 1.76. The van der Waals surface area contributed by atoms with E-state index in [0.717, 1.165) is 16.9 Å². The van der Waals surface area contributed by atoms with Crippen molar-refractivity contribution in [1.82, 2.24) is 9.55 Å². The van der Waals surface area contributed by atoms with E-state index in [4.69, 9.17) is 16.9 Å². The second-order valence-corrected chi connectivity index (χ2v) is 3.58. The molecule has 3 nitrogen and oxygen atoms in total. The summed E-state index contributed by atoms with van der Waals surface area (Å²) in [5.41, 5.74) is 3.42. The number of rotatable bonds is 3. The van der Waals surface area contributed by atoms with Gasteiger partial charge in [-0.3, -0.25) is 0 Å². The molecule has 1 aromatic carbocycles. The van der Waals surface area contributed by atoms with Crippen molar-refractivity contribution in [2.45, 2.75) is 13.0 Å². The quantitative estimate of drug-likeness (QED) is 0.815. The highest BCUT2D eigenvalue weighted by Crippen LogP contribution is 2.16. The van der Waals surface area contributed by atoms with E-state index >= 15 is 0 Å². The molecule has 0 N–H and O–H groups in total. The highest BCUT2D eigenvalue weighted by atomic mass is 35.5. The van der Waals surface area contributed by atoms with Crippen molar-refractivity contribution in [1.29, 1.82) is 5.26 Å². The molecule has 0 fully saturated rings. The van der Waals surface area contributed by atoms with Gasteiger partial charge in [0, 0.05) is 12.1 Å². The summed E-state index contributed by atoms with van der Waals surface area (Å²) in [4.78, 5) is 4.42. The van der Waals surface area contributed by atoms with E-state index in [1.165, 1.54) is 5.54 Å². The summed E-state index contributed by atoms with van der Waals surface area (Å²) < 4.78 is 2.00. The van der Waals surface area contributed by atoms with Crippen LogP contribution in [0, 0.1) is 11.3 Å². The van der Waals surface area contributed by atoms with Crippen molar-refractivity contribution in [3.05, 3.63) is 41.7 Å². The van der Waals surface area contributed by atoms with Crippen LogP contribution in [0.2, 0.25) is 0 Å². The normalized spacial score (nSPS) is 11.0. The maximum atomic E-state index is 8.75. The van der Waals surface area contributed by atoms with Gasteiger partial charge in [0.25, 0.3) is 0 Å². The van der Waals surface area contributed by atoms with E-state index in [1.807, 2.05) is 34.9 Å². The number of allylic oxidation sites excluding steroid dienone is 1. The standard InChI is InChI=1S/C12H10ClN3/c13-7-3-9-16-11-5-2-1-4-10(11)15-12(16)6-8-14/h1-5,7H,6,9H2/b7-3+. The molecule has 0 aliphatic carbocycles. The highest BCUT2D eigenvalue weighted by molar-refractivity contribution is 6.25. The second-order valence-electron chi connectivity index (χ2n) is 3.32. The van der Waals surface area contributed by atoms with Crippen LogP contribution in [-0.2, 0) is 13.0 Å². The van der Waals surface area contributed by atoms with E-state index in [-0.39, 0.29) is 0 Å². The van der Waals surface area contributed by atoms with Crippen LogP contribution in [0.3, 0.4) is 0 Å². The number of para-hydroxylation sites is 2. The summed E-state index contributed by atoms with van der Waals surface area (Å²) in [6.45, 7) is 0.640. The monoisotopic (exact) mass is 231 g/mol. The summed E-state index contributed by atoms with van der Waals surface area (Å²) in [6, 6.07) is 9.95. The zero-order valence-corrected chi connectivity index (χ0v) is 9.35. The molecule has 0 bridgehead atoms. The number of nitriles is 1. The molecular weight excluding hydrogens is 222 g/mol. The molecule has 0 spiro atoms. The Morgan fingerprint density at radius 2 is 2.25 bits per heavy atom. The Morgan fingerprint density at radius 1 is 1.44 bits per heavy atom. The Labute approximate surface area is 98.6 Å². The molecule has 2 aromatic rings. The lowest BCUT2D eigenvalue weighted by Gasteiger charge is -2.02. The number of benzene rings is 1. The molecule has 0 atom stereocenters. The first-order valence-corrected chi connectivity index (χ1v) is 5.36. The lowest BCUT2D eigenvalue weighted by atomic mass is 10.3. The van der Waals surface area contributed by atoms with Gasteiger partial charge in [-0.05, 0) is 12.1 Å². The van der Waals surface area contributed by atoms with Crippen LogP contribution in [0.4, 0.5) is 0 Å². The number of hydrogen-bond acceptors (Lipinski definition) is 2. The van der Waals surface area contributed by atoms with Crippen molar-refractivity contribution in [3.8, 4) is 6.07 Å². The van der Waals surface area contributed by atoms with Gasteiger partial charge in [-0.2, -0.15) is 5.26 Å². The van der Waals surface area contributed by atoms with Gasteiger partial charge in [-0.25, -0.2) is 4.98 Å². The van der Waals surface area contributed by atoms with E-state index in [2.05, 4.69) is 11.1 Å². The average Bonchev–Trinajstić information content (AvgIpc) is 2.65. The van der Waals surface area contributed by atoms with Gasteiger partial charge in [0.05, 0.1) is 23.5 Å². The van der Waals surface area contributed by atoms with Gasteiger partial charge in [0.15, 0.2) is 0 Å². The topological polar surface area (TPSA) is 41.6 Å². The van der Waals surface area contributed by atoms with Crippen LogP contribution in [0.15, 0.2) is 35.9 Å².